The minimum atomic E-state index is -0.792. The summed E-state index contributed by atoms with van der Waals surface area (Å²) in [6.07, 6.45) is 0.702. The lowest BCUT2D eigenvalue weighted by Crippen LogP contribution is -2.72. The van der Waals surface area contributed by atoms with Crippen LogP contribution in [0.4, 0.5) is 0 Å². The number of piperazine rings is 1. The molecule has 0 aromatic carbocycles. The number of nitrogens with zero attached hydrogens (tertiary/aromatic N) is 1. The van der Waals surface area contributed by atoms with E-state index in [1.54, 1.807) is 4.90 Å². The molecular weight excluding hydrogens is 268 g/mol. The van der Waals surface area contributed by atoms with Gasteiger partial charge >= 0.3 is 0 Å². The van der Waals surface area contributed by atoms with Gasteiger partial charge in [-0.1, -0.05) is 27.7 Å². The van der Waals surface area contributed by atoms with Gasteiger partial charge in [-0.2, -0.15) is 0 Å². The molecule has 0 bridgehead atoms. The minimum absolute atomic E-state index is 0.0150. The van der Waals surface area contributed by atoms with E-state index in [1.165, 1.54) is 0 Å². The van der Waals surface area contributed by atoms with Crippen molar-refractivity contribution in [1.29, 1.82) is 0 Å². The molecule has 1 heterocycles. The van der Waals surface area contributed by atoms with E-state index in [0.29, 0.717) is 19.6 Å². The Bertz CT molecular complexity index is 401. The van der Waals surface area contributed by atoms with Crippen molar-refractivity contribution in [2.45, 2.75) is 72.6 Å². The van der Waals surface area contributed by atoms with Crippen LogP contribution in [0.15, 0.2) is 0 Å². The molecule has 1 saturated heterocycles. The van der Waals surface area contributed by atoms with E-state index >= 15 is 0 Å². The second-order valence-corrected chi connectivity index (χ2v) is 7.31. The third kappa shape index (κ3) is 3.76. The zero-order valence-corrected chi connectivity index (χ0v) is 14.4. The van der Waals surface area contributed by atoms with Gasteiger partial charge in [0.15, 0.2) is 0 Å². The summed E-state index contributed by atoms with van der Waals surface area (Å²) in [4.78, 5) is 27.0. The first kappa shape index (κ1) is 18.0. The molecule has 1 aliphatic heterocycles. The monoisotopic (exact) mass is 298 g/mol. The highest BCUT2D eigenvalue weighted by Crippen LogP contribution is 2.31. The summed E-state index contributed by atoms with van der Waals surface area (Å²) in [7, 11) is 0. The van der Waals surface area contributed by atoms with Gasteiger partial charge < -0.3 is 15.0 Å². The van der Waals surface area contributed by atoms with Gasteiger partial charge in [0.1, 0.15) is 11.6 Å². The molecule has 0 saturated carbocycles. The lowest BCUT2D eigenvalue weighted by atomic mass is 9.80. The summed E-state index contributed by atoms with van der Waals surface area (Å²) in [5.41, 5.74) is -1.10. The summed E-state index contributed by atoms with van der Waals surface area (Å²) >= 11 is 0. The molecule has 2 atom stereocenters. The minimum Gasteiger partial charge on any atom is -0.377 e. The Morgan fingerprint density at radius 1 is 1.33 bits per heavy atom. The first-order valence-electron chi connectivity index (χ1n) is 7.78. The molecule has 2 amide bonds. The summed E-state index contributed by atoms with van der Waals surface area (Å²) < 4.78 is 5.56. The Hall–Kier alpha value is -1.10. The van der Waals surface area contributed by atoms with Gasteiger partial charge in [-0.25, -0.2) is 0 Å². The molecule has 0 spiro atoms. The SMILES string of the molecule is CCC1(C)C(=O)NC(C(C)(C)C)C(=O)N1CCOC(C)C. The van der Waals surface area contributed by atoms with Gasteiger partial charge in [-0.05, 0) is 32.6 Å². The molecule has 0 aromatic rings. The Morgan fingerprint density at radius 3 is 2.33 bits per heavy atom. The summed E-state index contributed by atoms with van der Waals surface area (Å²) in [6.45, 7) is 14.5. The average molecular weight is 298 g/mol. The summed E-state index contributed by atoms with van der Waals surface area (Å²) in [5, 5.41) is 2.91. The van der Waals surface area contributed by atoms with E-state index in [4.69, 9.17) is 4.74 Å². The van der Waals surface area contributed by atoms with Gasteiger partial charge in [0.25, 0.3) is 0 Å². The van der Waals surface area contributed by atoms with Crippen molar-refractivity contribution in [2.75, 3.05) is 13.2 Å². The quantitative estimate of drug-likeness (QED) is 0.844. The number of hydrogen-bond donors (Lipinski definition) is 1. The average Bonchev–Trinajstić information content (AvgIpc) is 2.36. The van der Waals surface area contributed by atoms with E-state index in [2.05, 4.69) is 5.32 Å². The third-order valence-corrected chi connectivity index (χ3v) is 4.19. The maximum Gasteiger partial charge on any atom is 0.246 e. The number of carbonyl (C=O) groups excluding carboxylic acids is 2. The maximum atomic E-state index is 12.8. The van der Waals surface area contributed by atoms with Gasteiger partial charge in [-0.15, -0.1) is 0 Å². The van der Waals surface area contributed by atoms with Crippen LogP contribution in [0.2, 0.25) is 0 Å². The van der Waals surface area contributed by atoms with Crippen LogP contribution in [-0.2, 0) is 14.3 Å². The maximum absolute atomic E-state index is 12.8. The summed E-state index contributed by atoms with van der Waals surface area (Å²) in [6, 6.07) is -0.483. The molecule has 21 heavy (non-hydrogen) atoms. The molecule has 1 rings (SSSR count). The largest absolute Gasteiger partial charge is 0.377 e. The fourth-order valence-electron chi connectivity index (χ4n) is 2.54. The standard InChI is InChI=1S/C16H30N2O3/c1-8-16(7)14(20)17-12(15(4,5)6)13(19)18(16)9-10-21-11(2)3/h11-12H,8-10H2,1-7H3,(H,17,20). The zero-order chi connectivity index (χ0) is 16.4. The molecule has 0 radical (unpaired) electrons. The lowest BCUT2D eigenvalue weighted by molar-refractivity contribution is -0.161. The molecule has 1 fully saturated rings. The zero-order valence-electron chi connectivity index (χ0n) is 14.4. The van der Waals surface area contributed by atoms with E-state index in [9.17, 15) is 9.59 Å². The van der Waals surface area contributed by atoms with Crippen LogP contribution in [0.3, 0.4) is 0 Å². The van der Waals surface area contributed by atoms with Crippen LogP contribution in [0.25, 0.3) is 0 Å². The van der Waals surface area contributed by atoms with Crippen LogP contribution < -0.4 is 5.32 Å². The van der Waals surface area contributed by atoms with Crippen molar-refractivity contribution in [3.05, 3.63) is 0 Å². The highest BCUT2D eigenvalue weighted by molar-refractivity contribution is 5.99. The predicted molar refractivity (Wildman–Crippen MR) is 82.9 cm³/mol. The molecule has 0 aromatic heterocycles. The van der Waals surface area contributed by atoms with Crippen LogP contribution in [0, 0.1) is 5.41 Å². The van der Waals surface area contributed by atoms with Gasteiger partial charge in [-0.3, -0.25) is 9.59 Å². The molecular formula is C16H30N2O3. The van der Waals surface area contributed by atoms with Gasteiger partial charge in [0, 0.05) is 6.54 Å². The third-order valence-electron chi connectivity index (χ3n) is 4.19. The smallest absolute Gasteiger partial charge is 0.246 e. The van der Waals surface area contributed by atoms with Crippen molar-refractivity contribution in [3.8, 4) is 0 Å². The fraction of sp³-hybridized carbons (Fsp3) is 0.875. The highest BCUT2D eigenvalue weighted by atomic mass is 16.5. The van der Waals surface area contributed by atoms with E-state index in [1.807, 2.05) is 48.5 Å². The number of hydrogen-bond acceptors (Lipinski definition) is 3. The van der Waals surface area contributed by atoms with Crippen molar-refractivity contribution in [3.63, 3.8) is 0 Å². The molecule has 1 N–H and O–H groups in total. The number of nitrogens with one attached hydrogen (secondary N) is 1. The van der Waals surface area contributed by atoms with Crippen LogP contribution in [-0.4, -0.2) is 47.6 Å². The summed E-state index contributed by atoms with van der Waals surface area (Å²) in [5.74, 6) is -0.0899. The van der Waals surface area contributed by atoms with Gasteiger partial charge in [0.2, 0.25) is 11.8 Å². The van der Waals surface area contributed by atoms with E-state index < -0.39 is 11.6 Å². The Kier molecular flexibility index (Phi) is 5.42. The van der Waals surface area contributed by atoms with Crippen LogP contribution in [0.5, 0.6) is 0 Å². The first-order valence-corrected chi connectivity index (χ1v) is 7.78. The topological polar surface area (TPSA) is 58.6 Å². The van der Waals surface area contributed by atoms with Crippen LogP contribution >= 0.6 is 0 Å². The van der Waals surface area contributed by atoms with Crippen molar-refractivity contribution < 1.29 is 14.3 Å². The molecule has 5 nitrogen and oxygen atoms in total. The van der Waals surface area contributed by atoms with Crippen molar-refractivity contribution in [2.24, 2.45) is 5.41 Å². The van der Waals surface area contributed by atoms with Crippen LogP contribution in [0.1, 0.15) is 54.9 Å². The number of rotatable bonds is 5. The van der Waals surface area contributed by atoms with Crippen molar-refractivity contribution in [1.82, 2.24) is 10.2 Å². The molecule has 122 valence electrons. The lowest BCUT2D eigenvalue weighted by Gasteiger charge is -2.48. The molecule has 5 heteroatoms. The normalized spacial score (nSPS) is 27.2. The molecule has 1 aliphatic rings. The van der Waals surface area contributed by atoms with Gasteiger partial charge in [0.05, 0.1) is 12.7 Å². The fourth-order valence-corrected chi connectivity index (χ4v) is 2.54. The number of ether oxygens (including phenoxy) is 1. The van der Waals surface area contributed by atoms with Crippen molar-refractivity contribution >= 4 is 11.8 Å². The second-order valence-electron chi connectivity index (χ2n) is 7.31. The predicted octanol–water partition coefficient (Wildman–Crippen LogP) is 1.95. The number of carbonyl (C=O) groups is 2. The Morgan fingerprint density at radius 2 is 1.90 bits per heavy atom. The Labute approximate surface area is 128 Å². The molecule has 2 unspecified atom stereocenters. The Balaban J connectivity index is 2.99. The van der Waals surface area contributed by atoms with E-state index in [0.717, 1.165) is 0 Å². The second kappa shape index (κ2) is 6.34. The highest BCUT2D eigenvalue weighted by Gasteiger charge is 2.50. The first-order chi connectivity index (χ1) is 9.54. The molecule has 0 aliphatic carbocycles. The van der Waals surface area contributed by atoms with E-state index in [-0.39, 0.29) is 23.3 Å². The number of amides is 2.